The number of hydrogen-bond acceptors (Lipinski definition) is 7. The standard InChI is InChI=1S/C15H8N2O6S/c18-14-8(5-9(16(20)21)7-11(14)17(22)23)6-13-15(19)10-3-1-2-4-12(10)24-13/h1-7,18H/b13-6+. The number of allylic oxidation sites excluding steroid dienone is 1. The second-order valence-corrected chi connectivity index (χ2v) is 5.94. The van der Waals surface area contributed by atoms with E-state index in [4.69, 9.17) is 0 Å². The molecule has 0 fully saturated rings. The molecule has 1 N–H and O–H groups in total. The number of nitro benzene ring substituents is 2. The Bertz CT molecular complexity index is 938. The van der Waals surface area contributed by atoms with Gasteiger partial charge in [-0.05, 0) is 18.2 Å². The van der Waals surface area contributed by atoms with Gasteiger partial charge in [-0.1, -0.05) is 23.9 Å². The van der Waals surface area contributed by atoms with Crippen LogP contribution in [0.2, 0.25) is 0 Å². The molecule has 0 saturated carbocycles. The topological polar surface area (TPSA) is 124 Å². The van der Waals surface area contributed by atoms with Gasteiger partial charge in [0.05, 0.1) is 20.8 Å². The van der Waals surface area contributed by atoms with Crippen molar-refractivity contribution in [1.29, 1.82) is 0 Å². The zero-order chi connectivity index (χ0) is 17.4. The summed E-state index contributed by atoms with van der Waals surface area (Å²) in [5.74, 6) is -1.02. The molecule has 1 heterocycles. The molecule has 0 aliphatic carbocycles. The number of Topliss-reactive ketones (excluding diaryl/α,β-unsaturated/α-hetero) is 1. The first-order valence-electron chi connectivity index (χ1n) is 6.57. The van der Waals surface area contributed by atoms with Crippen LogP contribution in [0.1, 0.15) is 15.9 Å². The van der Waals surface area contributed by atoms with Gasteiger partial charge in [0.15, 0.2) is 0 Å². The molecule has 9 heteroatoms. The van der Waals surface area contributed by atoms with Crippen molar-refractivity contribution in [2.75, 3.05) is 0 Å². The Morgan fingerprint density at radius 1 is 1.08 bits per heavy atom. The van der Waals surface area contributed by atoms with E-state index in [0.717, 1.165) is 17.8 Å². The summed E-state index contributed by atoms with van der Waals surface area (Å²) in [6, 6.07) is 8.52. The molecule has 3 rings (SSSR count). The minimum Gasteiger partial charge on any atom is -0.502 e. The molecule has 1 aliphatic heterocycles. The van der Waals surface area contributed by atoms with Crippen LogP contribution in [-0.2, 0) is 0 Å². The Hall–Kier alpha value is -3.20. The molecule has 0 saturated heterocycles. The van der Waals surface area contributed by atoms with Gasteiger partial charge < -0.3 is 5.11 Å². The predicted octanol–water partition coefficient (Wildman–Crippen LogP) is 3.54. The van der Waals surface area contributed by atoms with E-state index in [0.29, 0.717) is 16.5 Å². The second-order valence-electron chi connectivity index (χ2n) is 4.85. The van der Waals surface area contributed by atoms with Crippen molar-refractivity contribution in [2.24, 2.45) is 0 Å². The largest absolute Gasteiger partial charge is 0.502 e. The highest BCUT2D eigenvalue weighted by atomic mass is 32.2. The van der Waals surface area contributed by atoms with Crippen molar-refractivity contribution in [2.45, 2.75) is 4.90 Å². The summed E-state index contributed by atoms with van der Waals surface area (Å²) in [5, 5.41) is 31.9. The van der Waals surface area contributed by atoms with E-state index in [2.05, 4.69) is 0 Å². The molecule has 0 unspecified atom stereocenters. The van der Waals surface area contributed by atoms with E-state index in [1.165, 1.54) is 6.08 Å². The van der Waals surface area contributed by atoms with Crippen LogP contribution in [0, 0.1) is 20.2 Å². The number of phenols is 1. The third-order valence-corrected chi connectivity index (χ3v) is 4.47. The number of ketones is 1. The summed E-state index contributed by atoms with van der Waals surface area (Å²) in [7, 11) is 0. The van der Waals surface area contributed by atoms with Gasteiger partial charge in [-0.25, -0.2) is 0 Å². The van der Waals surface area contributed by atoms with Crippen LogP contribution in [0.4, 0.5) is 11.4 Å². The summed E-state index contributed by atoms with van der Waals surface area (Å²) >= 11 is 1.14. The number of hydrogen-bond donors (Lipinski definition) is 1. The number of phenolic OH excluding ortho intramolecular Hbond substituents is 1. The fourth-order valence-electron chi connectivity index (χ4n) is 2.26. The van der Waals surface area contributed by atoms with Gasteiger partial charge >= 0.3 is 5.69 Å². The monoisotopic (exact) mass is 344 g/mol. The first kappa shape index (κ1) is 15.7. The number of nitrogens with zero attached hydrogens (tertiary/aromatic N) is 2. The normalized spacial score (nSPS) is 14.7. The van der Waals surface area contributed by atoms with Crippen molar-refractivity contribution in [1.82, 2.24) is 0 Å². The Morgan fingerprint density at radius 2 is 1.79 bits per heavy atom. The number of benzene rings is 2. The highest BCUT2D eigenvalue weighted by Gasteiger charge is 2.28. The van der Waals surface area contributed by atoms with E-state index < -0.39 is 27.0 Å². The van der Waals surface area contributed by atoms with E-state index in [1.54, 1.807) is 24.3 Å². The number of nitro groups is 2. The van der Waals surface area contributed by atoms with Gasteiger partial charge in [-0.15, -0.1) is 0 Å². The molecular formula is C15H8N2O6S. The average molecular weight is 344 g/mol. The highest BCUT2D eigenvalue weighted by molar-refractivity contribution is 8.04. The second kappa shape index (κ2) is 5.78. The van der Waals surface area contributed by atoms with Crippen molar-refractivity contribution in [3.05, 3.63) is 72.7 Å². The molecule has 1 aliphatic rings. The van der Waals surface area contributed by atoms with Gasteiger partial charge in [0, 0.05) is 22.1 Å². The molecule has 0 radical (unpaired) electrons. The summed E-state index contributed by atoms with van der Waals surface area (Å²) < 4.78 is 0. The fraction of sp³-hybridized carbons (Fsp3) is 0. The van der Waals surface area contributed by atoms with Crippen LogP contribution in [0.15, 0.2) is 46.2 Å². The molecular weight excluding hydrogens is 336 g/mol. The maximum absolute atomic E-state index is 12.3. The predicted molar refractivity (Wildman–Crippen MR) is 86.0 cm³/mol. The van der Waals surface area contributed by atoms with Gasteiger partial charge in [-0.2, -0.15) is 0 Å². The van der Waals surface area contributed by atoms with Crippen molar-refractivity contribution in [3.8, 4) is 5.75 Å². The third-order valence-electron chi connectivity index (χ3n) is 3.37. The Morgan fingerprint density at radius 3 is 2.42 bits per heavy atom. The number of rotatable bonds is 3. The molecule has 2 aromatic rings. The lowest BCUT2D eigenvalue weighted by Crippen LogP contribution is -1.97. The van der Waals surface area contributed by atoms with Crippen LogP contribution in [0.3, 0.4) is 0 Å². The van der Waals surface area contributed by atoms with E-state index in [-0.39, 0.29) is 16.3 Å². The van der Waals surface area contributed by atoms with E-state index in [9.17, 15) is 30.1 Å². The maximum atomic E-state index is 12.3. The third kappa shape index (κ3) is 2.61. The lowest BCUT2D eigenvalue weighted by Gasteiger charge is -2.02. The van der Waals surface area contributed by atoms with E-state index in [1.807, 2.05) is 0 Å². The maximum Gasteiger partial charge on any atom is 0.318 e. The van der Waals surface area contributed by atoms with Crippen molar-refractivity contribution >= 4 is 35.0 Å². The van der Waals surface area contributed by atoms with Gasteiger partial charge in [0.1, 0.15) is 0 Å². The minimum absolute atomic E-state index is 0.153. The molecule has 120 valence electrons. The molecule has 0 spiro atoms. The molecule has 0 aromatic heterocycles. The zero-order valence-corrected chi connectivity index (χ0v) is 12.6. The van der Waals surface area contributed by atoms with Crippen LogP contribution < -0.4 is 0 Å². The number of carbonyl (C=O) groups excluding carboxylic acids is 1. The van der Waals surface area contributed by atoms with Gasteiger partial charge in [-0.3, -0.25) is 25.0 Å². The van der Waals surface area contributed by atoms with Crippen LogP contribution in [-0.4, -0.2) is 20.7 Å². The SMILES string of the molecule is O=C1/C(=C\c2cc([N+](=O)[O-])cc([N+](=O)[O-])c2O)Sc2ccccc21. The molecule has 0 bridgehead atoms. The molecule has 0 atom stereocenters. The van der Waals surface area contributed by atoms with Crippen molar-refractivity contribution < 1.29 is 19.7 Å². The summed E-state index contributed by atoms with van der Waals surface area (Å²) in [4.78, 5) is 33.4. The van der Waals surface area contributed by atoms with Crippen molar-refractivity contribution in [3.63, 3.8) is 0 Å². The number of aromatic hydroxyl groups is 1. The lowest BCUT2D eigenvalue weighted by atomic mass is 10.1. The molecule has 2 aromatic carbocycles. The summed E-state index contributed by atoms with van der Waals surface area (Å²) in [6.45, 7) is 0. The smallest absolute Gasteiger partial charge is 0.318 e. The van der Waals surface area contributed by atoms with Crippen LogP contribution in [0.25, 0.3) is 6.08 Å². The summed E-state index contributed by atoms with van der Waals surface area (Å²) in [5.41, 5.74) is -1.00. The molecule has 8 nitrogen and oxygen atoms in total. The Labute approximate surface area is 138 Å². The minimum atomic E-state index is -0.914. The number of fused-ring (bicyclic) bond motifs is 1. The molecule has 0 amide bonds. The number of carbonyl (C=O) groups is 1. The van der Waals surface area contributed by atoms with Gasteiger partial charge in [0.2, 0.25) is 11.5 Å². The van der Waals surface area contributed by atoms with Crippen LogP contribution in [0.5, 0.6) is 5.75 Å². The Balaban J connectivity index is 2.12. The van der Waals surface area contributed by atoms with E-state index >= 15 is 0 Å². The summed E-state index contributed by atoms with van der Waals surface area (Å²) in [6.07, 6.45) is 1.22. The molecule has 24 heavy (non-hydrogen) atoms. The lowest BCUT2D eigenvalue weighted by molar-refractivity contribution is -0.394. The average Bonchev–Trinajstić information content (AvgIpc) is 2.85. The first-order valence-corrected chi connectivity index (χ1v) is 7.39. The fourth-order valence-corrected chi connectivity index (χ4v) is 3.30. The first-order chi connectivity index (χ1) is 11.4. The number of thioether (sulfide) groups is 1. The highest BCUT2D eigenvalue weighted by Crippen LogP contribution is 2.43. The van der Waals surface area contributed by atoms with Gasteiger partial charge in [0.25, 0.3) is 5.69 Å². The number of non-ortho nitro benzene ring substituents is 1. The zero-order valence-electron chi connectivity index (χ0n) is 11.8. The van der Waals surface area contributed by atoms with Crippen LogP contribution >= 0.6 is 11.8 Å². The quantitative estimate of drug-likeness (QED) is 0.513. The Kier molecular flexibility index (Phi) is 3.78.